The van der Waals surface area contributed by atoms with E-state index in [9.17, 15) is 4.39 Å². The minimum Gasteiger partial charge on any atom is -0.467 e. The zero-order valence-electron chi connectivity index (χ0n) is 14.8. The number of rotatable bonds is 5. The molecule has 1 aromatic carbocycles. The molecule has 0 unspecified atom stereocenters. The van der Waals surface area contributed by atoms with E-state index in [2.05, 4.69) is 20.2 Å². The maximum absolute atomic E-state index is 14.0. The zero-order valence-corrected chi connectivity index (χ0v) is 14.8. The van der Waals surface area contributed by atoms with Crippen molar-refractivity contribution in [3.05, 3.63) is 60.6 Å². The smallest absolute Gasteiger partial charge is 0.157 e. The van der Waals surface area contributed by atoms with E-state index in [1.807, 2.05) is 23.1 Å². The van der Waals surface area contributed by atoms with Crippen molar-refractivity contribution in [2.45, 2.75) is 6.54 Å². The lowest BCUT2D eigenvalue weighted by atomic mass is 10.2. The molecule has 27 heavy (non-hydrogen) atoms. The van der Waals surface area contributed by atoms with Crippen molar-refractivity contribution in [3.63, 3.8) is 0 Å². The van der Waals surface area contributed by atoms with E-state index >= 15 is 0 Å². The van der Waals surface area contributed by atoms with Gasteiger partial charge >= 0.3 is 0 Å². The standard InChI is InChI=1S/C19H21FN6O/c20-15-5-1-2-6-16(15)25-7-9-26(10-8-25)19-17(21)18(23-13-24-19)22-12-14-4-3-11-27-14/h1-6,11,13H,7-10,12,21H2,(H,22,23,24). The highest BCUT2D eigenvalue weighted by molar-refractivity contribution is 5.75. The van der Waals surface area contributed by atoms with E-state index in [-0.39, 0.29) is 5.82 Å². The number of hydrogen-bond donors (Lipinski definition) is 2. The average Bonchev–Trinajstić information content (AvgIpc) is 3.22. The number of nitrogens with two attached hydrogens (primary N) is 1. The molecule has 1 aliphatic heterocycles. The van der Waals surface area contributed by atoms with Crippen LogP contribution < -0.4 is 20.9 Å². The predicted molar refractivity (Wildman–Crippen MR) is 103 cm³/mol. The Hall–Kier alpha value is -3.29. The van der Waals surface area contributed by atoms with Crippen molar-refractivity contribution in [2.75, 3.05) is 47.0 Å². The number of nitrogen functional groups attached to an aromatic ring is 1. The molecule has 2 aromatic heterocycles. The highest BCUT2D eigenvalue weighted by Gasteiger charge is 2.22. The minimum atomic E-state index is -0.197. The highest BCUT2D eigenvalue weighted by atomic mass is 19.1. The molecule has 0 aliphatic carbocycles. The minimum absolute atomic E-state index is 0.197. The van der Waals surface area contributed by atoms with Crippen LogP contribution in [-0.2, 0) is 6.54 Å². The van der Waals surface area contributed by atoms with E-state index in [1.165, 1.54) is 12.4 Å². The van der Waals surface area contributed by atoms with Crippen molar-refractivity contribution < 1.29 is 8.81 Å². The lowest BCUT2D eigenvalue weighted by Crippen LogP contribution is -2.47. The van der Waals surface area contributed by atoms with Gasteiger partial charge in [-0.25, -0.2) is 14.4 Å². The molecule has 1 aliphatic rings. The van der Waals surface area contributed by atoms with Gasteiger partial charge in [-0.05, 0) is 24.3 Å². The summed E-state index contributed by atoms with van der Waals surface area (Å²) in [5, 5.41) is 3.18. The molecule has 4 rings (SSSR count). The first kappa shape index (κ1) is 17.1. The van der Waals surface area contributed by atoms with Crippen molar-refractivity contribution in [1.82, 2.24) is 9.97 Å². The quantitative estimate of drug-likeness (QED) is 0.716. The fraction of sp³-hybridized carbons (Fsp3) is 0.263. The molecule has 0 atom stereocenters. The molecule has 0 spiro atoms. The molecule has 1 fully saturated rings. The molecule has 8 heteroatoms. The summed E-state index contributed by atoms with van der Waals surface area (Å²) in [5.74, 6) is 1.87. The monoisotopic (exact) mass is 368 g/mol. The SMILES string of the molecule is Nc1c(NCc2ccco2)ncnc1N1CCN(c2ccccc2F)CC1. The van der Waals surface area contributed by atoms with Crippen LogP contribution in [0.15, 0.2) is 53.4 Å². The Bertz CT molecular complexity index is 893. The van der Waals surface area contributed by atoms with E-state index in [0.717, 1.165) is 5.76 Å². The summed E-state index contributed by atoms with van der Waals surface area (Å²) in [5.41, 5.74) is 7.43. The molecule has 140 valence electrons. The zero-order chi connectivity index (χ0) is 18.6. The molecule has 0 bridgehead atoms. The van der Waals surface area contributed by atoms with Gasteiger partial charge in [-0.1, -0.05) is 12.1 Å². The lowest BCUT2D eigenvalue weighted by molar-refractivity contribution is 0.518. The Kier molecular flexibility index (Phi) is 4.78. The Morgan fingerprint density at radius 1 is 1.04 bits per heavy atom. The molecule has 1 saturated heterocycles. The van der Waals surface area contributed by atoms with Gasteiger partial charge in [0.1, 0.15) is 23.6 Å². The molecular formula is C19H21FN6O. The molecule has 3 aromatic rings. The van der Waals surface area contributed by atoms with E-state index in [4.69, 9.17) is 10.2 Å². The summed E-state index contributed by atoms with van der Waals surface area (Å²) in [7, 11) is 0. The Morgan fingerprint density at radius 2 is 1.81 bits per heavy atom. The number of piperazine rings is 1. The molecule has 7 nitrogen and oxygen atoms in total. The Labute approximate surface area is 156 Å². The third-order valence-electron chi connectivity index (χ3n) is 4.65. The number of nitrogens with one attached hydrogen (secondary N) is 1. The number of benzene rings is 1. The second-order valence-electron chi connectivity index (χ2n) is 6.32. The Morgan fingerprint density at radius 3 is 2.56 bits per heavy atom. The maximum Gasteiger partial charge on any atom is 0.157 e. The van der Waals surface area contributed by atoms with Crippen LogP contribution in [0.1, 0.15) is 5.76 Å². The lowest BCUT2D eigenvalue weighted by Gasteiger charge is -2.37. The van der Waals surface area contributed by atoms with Crippen LogP contribution in [0, 0.1) is 5.82 Å². The molecule has 0 radical (unpaired) electrons. The van der Waals surface area contributed by atoms with Crippen molar-refractivity contribution >= 4 is 23.0 Å². The van der Waals surface area contributed by atoms with Gasteiger partial charge in [0.2, 0.25) is 0 Å². The normalized spacial score (nSPS) is 14.4. The second-order valence-corrected chi connectivity index (χ2v) is 6.32. The number of anilines is 4. The molecule has 3 N–H and O–H groups in total. The van der Waals surface area contributed by atoms with Crippen molar-refractivity contribution in [1.29, 1.82) is 0 Å². The van der Waals surface area contributed by atoms with E-state index in [1.54, 1.807) is 18.4 Å². The number of hydrogen-bond acceptors (Lipinski definition) is 7. The molecule has 3 heterocycles. The average molecular weight is 368 g/mol. The second kappa shape index (κ2) is 7.53. The first-order valence-electron chi connectivity index (χ1n) is 8.83. The van der Waals surface area contributed by atoms with E-state index < -0.39 is 0 Å². The molecule has 0 saturated carbocycles. The topological polar surface area (TPSA) is 83.4 Å². The van der Waals surface area contributed by atoms with Crippen LogP contribution in [0.2, 0.25) is 0 Å². The van der Waals surface area contributed by atoms with E-state index in [0.29, 0.717) is 55.7 Å². The fourth-order valence-electron chi connectivity index (χ4n) is 3.23. The van der Waals surface area contributed by atoms with Crippen LogP contribution in [0.25, 0.3) is 0 Å². The van der Waals surface area contributed by atoms with Gasteiger partial charge in [-0.2, -0.15) is 0 Å². The van der Waals surface area contributed by atoms with Crippen LogP contribution in [0.5, 0.6) is 0 Å². The van der Waals surface area contributed by atoms with Gasteiger partial charge in [0.25, 0.3) is 0 Å². The molecular weight excluding hydrogens is 347 g/mol. The Balaban J connectivity index is 1.43. The van der Waals surface area contributed by atoms with Crippen molar-refractivity contribution in [2.24, 2.45) is 0 Å². The van der Waals surface area contributed by atoms with Gasteiger partial charge < -0.3 is 25.3 Å². The number of para-hydroxylation sites is 1. The first-order chi connectivity index (χ1) is 13.2. The number of nitrogens with zero attached hydrogens (tertiary/aromatic N) is 4. The third kappa shape index (κ3) is 3.64. The maximum atomic E-state index is 14.0. The summed E-state index contributed by atoms with van der Waals surface area (Å²) >= 11 is 0. The number of halogens is 1. The van der Waals surface area contributed by atoms with Gasteiger partial charge in [0, 0.05) is 26.2 Å². The predicted octanol–water partition coefficient (Wildman–Crippen LogP) is 2.73. The van der Waals surface area contributed by atoms with Gasteiger partial charge in [-0.3, -0.25) is 0 Å². The third-order valence-corrected chi connectivity index (χ3v) is 4.65. The van der Waals surface area contributed by atoms with Crippen LogP contribution in [-0.4, -0.2) is 36.1 Å². The summed E-state index contributed by atoms with van der Waals surface area (Å²) in [4.78, 5) is 12.7. The summed E-state index contributed by atoms with van der Waals surface area (Å²) in [6, 6.07) is 10.6. The van der Waals surface area contributed by atoms with Crippen LogP contribution in [0.3, 0.4) is 0 Å². The fourth-order valence-corrected chi connectivity index (χ4v) is 3.23. The largest absolute Gasteiger partial charge is 0.467 e. The summed E-state index contributed by atoms with van der Waals surface area (Å²) in [6.45, 7) is 3.29. The van der Waals surface area contributed by atoms with Gasteiger partial charge in [-0.15, -0.1) is 0 Å². The molecule has 0 amide bonds. The van der Waals surface area contributed by atoms with Crippen molar-refractivity contribution in [3.8, 4) is 0 Å². The summed E-state index contributed by atoms with van der Waals surface area (Å²) in [6.07, 6.45) is 3.13. The van der Waals surface area contributed by atoms with Crippen LogP contribution >= 0.6 is 0 Å². The highest BCUT2D eigenvalue weighted by Crippen LogP contribution is 2.28. The van der Waals surface area contributed by atoms with Crippen LogP contribution in [0.4, 0.5) is 27.4 Å². The van der Waals surface area contributed by atoms with Gasteiger partial charge in [0.05, 0.1) is 18.5 Å². The number of aromatic nitrogens is 2. The first-order valence-corrected chi connectivity index (χ1v) is 8.83. The number of furan rings is 1. The summed E-state index contributed by atoms with van der Waals surface area (Å²) < 4.78 is 19.3. The van der Waals surface area contributed by atoms with Gasteiger partial charge in [0.15, 0.2) is 11.6 Å².